The Labute approximate surface area is 139 Å². The van der Waals surface area contributed by atoms with Gasteiger partial charge in [0.25, 0.3) is 0 Å². The van der Waals surface area contributed by atoms with Gasteiger partial charge >= 0.3 is 0 Å². The summed E-state index contributed by atoms with van der Waals surface area (Å²) in [5, 5.41) is 9.40. The predicted octanol–water partition coefficient (Wildman–Crippen LogP) is 4.71. The number of ether oxygens (including phenoxy) is 1. The van der Waals surface area contributed by atoms with Crippen LogP contribution < -0.4 is 4.74 Å². The molecule has 2 aromatic rings. The highest BCUT2D eigenvalue weighted by atomic mass is 79.9. The van der Waals surface area contributed by atoms with Crippen LogP contribution in [0.2, 0.25) is 0 Å². The van der Waals surface area contributed by atoms with Crippen molar-refractivity contribution in [3.8, 4) is 11.8 Å². The quantitative estimate of drug-likeness (QED) is 0.688. The van der Waals surface area contributed by atoms with Gasteiger partial charge in [0.1, 0.15) is 11.7 Å². The highest BCUT2D eigenvalue weighted by molar-refractivity contribution is 9.11. The van der Waals surface area contributed by atoms with Crippen LogP contribution >= 0.6 is 31.9 Å². The Morgan fingerprint density at radius 2 is 2.00 bits per heavy atom. The molecule has 0 saturated carbocycles. The molecule has 0 heterocycles. The first-order valence-corrected chi connectivity index (χ1v) is 7.68. The van der Waals surface area contributed by atoms with E-state index in [-0.39, 0.29) is 5.78 Å². The number of Topliss-reactive ketones (excluding diaryl/α,β-unsaturated/α-hetero) is 1. The Kier molecular flexibility index (Phi) is 5.16. The minimum absolute atomic E-state index is 0.251. The molecule has 0 aromatic heterocycles. The van der Waals surface area contributed by atoms with E-state index < -0.39 is 5.92 Å². The Balaban J connectivity index is 2.43. The van der Waals surface area contributed by atoms with Crippen molar-refractivity contribution in [1.29, 1.82) is 5.26 Å². The van der Waals surface area contributed by atoms with Crippen LogP contribution in [-0.2, 0) is 0 Å². The minimum atomic E-state index is -0.870. The van der Waals surface area contributed by atoms with Gasteiger partial charge in [-0.15, -0.1) is 0 Å². The molecule has 0 fully saturated rings. The molecule has 3 nitrogen and oxygen atoms in total. The molecule has 5 heteroatoms. The first kappa shape index (κ1) is 15.7. The summed E-state index contributed by atoms with van der Waals surface area (Å²) < 4.78 is 6.59. The Morgan fingerprint density at radius 1 is 1.24 bits per heavy atom. The summed E-state index contributed by atoms with van der Waals surface area (Å²) in [4.78, 5) is 12.6. The van der Waals surface area contributed by atoms with Crippen molar-refractivity contribution in [3.05, 3.63) is 62.5 Å². The summed E-state index contributed by atoms with van der Waals surface area (Å²) >= 11 is 6.69. The lowest BCUT2D eigenvalue weighted by Gasteiger charge is -2.11. The molecule has 0 saturated heterocycles. The number of nitriles is 1. The number of hydrogen-bond acceptors (Lipinski definition) is 3. The molecule has 106 valence electrons. The van der Waals surface area contributed by atoms with E-state index in [9.17, 15) is 10.1 Å². The predicted molar refractivity (Wildman–Crippen MR) is 87.5 cm³/mol. The number of halogens is 2. The van der Waals surface area contributed by atoms with Crippen LogP contribution in [-0.4, -0.2) is 12.9 Å². The van der Waals surface area contributed by atoms with Crippen LogP contribution in [0.15, 0.2) is 51.4 Å². The smallest absolute Gasteiger partial charge is 0.185 e. The summed E-state index contributed by atoms with van der Waals surface area (Å²) in [5.74, 6) is -0.501. The Bertz CT molecular complexity index is 722. The standard InChI is InChI=1S/C16H11Br2NO2/c1-21-12-4-2-3-10(7-12)14(9-19)16(20)13-8-11(17)5-6-15(13)18/h2-8,14H,1H3. The Morgan fingerprint density at radius 3 is 2.67 bits per heavy atom. The van der Waals surface area contributed by atoms with Gasteiger partial charge in [-0.2, -0.15) is 5.26 Å². The highest BCUT2D eigenvalue weighted by Crippen LogP contribution is 2.29. The topological polar surface area (TPSA) is 50.1 Å². The lowest BCUT2D eigenvalue weighted by Crippen LogP contribution is -2.12. The number of methoxy groups -OCH3 is 1. The number of nitrogens with zero attached hydrogens (tertiary/aromatic N) is 1. The molecule has 21 heavy (non-hydrogen) atoms. The Hall–Kier alpha value is -1.64. The third-order valence-corrected chi connectivity index (χ3v) is 4.20. The van der Waals surface area contributed by atoms with E-state index in [1.165, 1.54) is 0 Å². The number of carbonyl (C=O) groups excluding carboxylic acids is 1. The van der Waals surface area contributed by atoms with E-state index in [4.69, 9.17) is 4.74 Å². The second-order valence-corrected chi connectivity index (χ2v) is 6.10. The largest absolute Gasteiger partial charge is 0.497 e. The van der Waals surface area contributed by atoms with Gasteiger partial charge in [-0.3, -0.25) is 4.79 Å². The van der Waals surface area contributed by atoms with Crippen molar-refractivity contribution in [2.75, 3.05) is 7.11 Å². The average molecular weight is 409 g/mol. The van der Waals surface area contributed by atoms with Gasteiger partial charge in [0.05, 0.1) is 13.2 Å². The van der Waals surface area contributed by atoms with Crippen molar-refractivity contribution in [1.82, 2.24) is 0 Å². The first-order chi connectivity index (χ1) is 10.1. The average Bonchev–Trinajstić information content (AvgIpc) is 2.50. The summed E-state index contributed by atoms with van der Waals surface area (Å²) in [7, 11) is 1.55. The van der Waals surface area contributed by atoms with Crippen LogP contribution in [0, 0.1) is 11.3 Å². The van der Waals surface area contributed by atoms with E-state index >= 15 is 0 Å². The number of benzene rings is 2. The third kappa shape index (κ3) is 3.52. The molecule has 1 atom stereocenters. The number of ketones is 1. The van der Waals surface area contributed by atoms with Gasteiger partial charge in [0.2, 0.25) is 0 Å². The maximum Gasteiger partial charge on any atom is 0.185 e. The zero-order valence-corrected chi connectivity index (χ0v) is 14.3. The van der Waals surface area contributed by atoms with Gasteiger partial charge in [-0.25, -0.2) is 0 Å². The van der Waals surface area contributed by atoms with Crippen LogP contribution in [0.1, 0.15) is 21.8 Å². The molecule has 0 aliphatic rings. The van der Waals surface area contributed by atoms with Gasteiger partial charge in [0, 0.05) is 14.5 Å². The van der Waals surface area contributed by atoms with Crippen molar-refractivity contribution in [2.24, 2.45) is 0 Å². The van der Waals surface area contributed by atoms with Crippen molar-refractivity contribution in [2.45, 2.75) is 5.92 Å². The van der Waals surface area contributed by atoms with E-state index in [2.05, 4.69) is 37.9 Å². The minimum Gasteiger partial charge on any atom is -0.497 e. The van der Waals surface area contributed by atoms with Gasteiger partial charge < -0.3 is 4.74 Å². The van der Waals surface area contributed by atoms with E-state index in [1.807, 2.05) is 6.07 Å². The molecular formula is C16H11Br2NO2. The molecule has 2 aromatic carbocycles. The summed E-state index contributed by atoms with van der Waals surface area (Å²) in [6.07, 6.45) is 0. The molecule has 1 unspecified atom stereocenters. The van der Waals surface area contributed by atoms with Gasteiger partial charge in [-0.1, -0.05) is 44.0 Å². The fourth-order valence-corrected chi connectivity index (χ4v) is 2.75. The van der Waals surface area contributed by atoms with Gasteiger partial charge in [0.15, 0.2) is 5.78 Å². The maximum atomic E-state index is 12.6. The van der Waals surface area contributed by atoms with E-state index in [0.29, 0.717) is 21.3 Å². The lowest BCUT2D eigenvalue weighted by molar-refractivity contribution is 0.0978. The molecule has 0 bridgehead atoms. The van der Waals surface area contributed by atoms with Crippen LogP contribution in [0.5, 0.6) is 5.75 Å². The van der Waals surface area contributed by atoms with Crippen LogP contribution in [0.3, 0.4) is 0 Å². The second-order valence-electron chi connectivity index (χ2n) is 4.33. The van der Waals surface area contributed by atoms with E-state index in [0.717, 1.165) is 4.47 Å². The van der Waals surface area contributed by atoms with Crippen LogP contribution in [0.25, 0.3) is 0 Å². The van der Waals surface area contributed by atoms with Crippen LogP contribution in [0.4, 0.5) is 0 Å². The fraction of sp³-hybridized carbons (Fsp3) is 0.125. The van der Waals surface area contributed by atoms with Gasteiger partial charge in [-0.05, 0) is 35.9 Å². The molecule has 0 amide bonds. The summed E-state index contributed by atoms with van der Waals surface area (Å²) in [6, 6.07) is 14.4. The van der Waals surface area contributed by atoms with E-state index in [1.54, 1.807) is 43.5 Å². The fourth-order valence-electron chi connectivity index (χ4n) is 1.95. The molecule has 0 aliphatic heterocycles. The van der Waals surface area contributed by atoms with Crippen molar-refractivity contribution >= 4 is 37.6 Å². The number of carbonyl (C=O) groups is 1. The molecular weight excluding hydrogens is 398 g/mol. The second kappa shape index (κ2) is 6.88. The first-order valence-electron chi connectivity index (χ1n) is 6.09. The lowest BCUT2D eigenvalue weighted by atomic mass is 9.92. The monoisotopic (exact) mass is 407 g/mol. The maximum absolute atomic E-state index is 12.6. The third-order valence-electron chi connectivity index (χ3n) is 3.01. The summed E-state index contributed by atoms with van der Waals surface area (Å²) in [5.41, 5.74) is 1.09. The van der Waals surface area contributed by atoms with Crippen molar-refractivity contribution in [3.63, 3.8) is 0 Å². The molecule has 0 N–H and O–H groups in total. The zero-order valence-electron chi connectivity index (χ0n) is 11.1. The number of hydrogen-bond donors (Lipinski definition) is 0. The molecule has 0 aliphatic carbocycles. The molecule has 0 spiro atoms. The molecule has 2 rings (SSSR count). The highest BCUT2D eigenvalue weighted by Gasteiger charge is 2.24. The normalized spacial score (nSPS) is 11.5. The SMILES string of the molecule is COc1cccc(C(C#N)C(=O)c2cc(Br)ccc2Br)c1. The van der Waals surface area contributed by atoms with Crippen molar-refractivity contribution < 1.29 is 9.53 Å². The number of rotatable bonds is 4. The summed E-state index contributed by atoms with van der Waals surface area (Å²) in [6.45, 7) is 0. The molecule has 0 radical (unpaired) electrons. The zero-order chi connectivity index (χ0) is 15.4.